The van der Waals surface area contributed by atoms with E-state index in [0.717, 1.165) is 36.9 Å². The third-order valence-electron chi connectivity index (χ3n) is 2.87. The van der Waals surface area contributed by atoms with E-state index in [0.29, 0.717) is 5.56 Å². The van der Waals surface area contributed by atoms with Gasteiger partial charge in [-0.25, -0.2) is 0 Å². The lowest BCUT2D eigenvalue weighted by Crippen LogP contribution is -2.34. The van der Waals surface area contributed by atoms with E-state index in [1.807, 2.05) is 24.0 Å². The number of nitrogens with two attached hydrogens (primary N) is 1. The lowest BCUT2D eigenvalue weighted by Gasteiger charge is -2.23. The minimum atomic E-state index is -0.344. The van der Waals surface area contributed by atoms with Gasteiger partial charge in [0.2, 0.25) is 5.91 Å². The van der Waals surface area contributed by atoms with Gasteiger partial charge in [-0.3, -0.25) is 9.59 Å². The molecule has 18 heavy (non-hydrogen) atoms. The highest BCUT2D eigenvalue weighted by Crippen LogP contribution is 2.18. The third-order valence-corrected chi connectivity index (χ3v) is 2.87. The third kappa shape index (κ3) is 3.87. The number of benzene rings is 1. The van der Waals surface area contributed by atoms with E-state index >= 15 is 0 Å². The van der Waals surface area contributed by atoms with Crippen LogP contribution in [0.25, 0.3) is 0 Å². The molecule has 0 atom stereocenters. The fourth-order valence-electron chi connectivity index (χ4n) is 1.83. The fraction of sp³-hybridized carbons (Fsp3) is 0.429. The molecule has 0 aromatic heterocycles. The molecule has 0 bridgehead atoms. The molecular weight excluding hydrogens is 228 g/mol. The van der Waals surface area contributed by atoms with Crippen LogP contribution in [0, 0.1) is 6.92 Å². The fourth-order valence-corrected chi connectivity index (χ4v) is 1.83. The highest BCUT2D eigenvalue weighted by atomic mass is 16.1. The average Bonchev–Trinajstić information content (AvgIpc) is 2.34. The van der Waals surface area contributed by atoms with Gasteiger partial charge in [0.05, 0.1) is 6.54 Å². The number of rotatable bonds is 7. The maximum absolute atomic E-state index is 11.1. The summed E-state index contributed by atoms with van der Waals surface area (Å²) in [7, 11) is 0. The van der Waals surface area contributed by atoms with Crippen molar-refractivity contribution in [3.8, 4) is 0 Å². The van der Waals surface area contributed by atoms with Gasteiger partial charge in [0, 0.05) is 17.8 Å². The Morgan fingerprint density at radius 1 is 1.44 bits per heavy atom. The molecule has 0 unspecified atom stereocenters. The number of aryl methyl sites for hydroxylation is 1. The van der Waals surface area contributed by atoms with Crippen molar-refractivity contribution in [1.82, 2.24) is 0 Å². The topological polar surface area (TPSA) is 63.4 Å². The molecule has 4 heteroatoms. The zero-order valence-electron chi connectivity index (χ0n) is 11.0. The molecule has 1 aromatic rings. The van der Waals surface area contributed by atoms with Gasteiger partial charge < -0.3 is 10.6 Å². The molecule has 2 N–H and O–H groups in total. The van der Waals surface area contributed by atoms with Crippen molar-refractivity contribution >= 4 is 17.9 Å². The molecule has 4 nitrogen and oxygen atoms in total. The second kappa shape index (κ2) is 6.79. The Labute approximate surface area is 108 Å². The Bertz CT molecular complexity index is 430. The summed E-state index contributed by atoms with van der Waals surface area (Å²) in [5, 5.41) is 0. The lowest BCUT2D eigenvalue weighted by molar-refractivity contribution is -0.116. The quantitative estimate of drug-likeness (QED) is 0.749. The number of unbranched alkanes of at least 4 members (excludes halogenated alkanes) is 1. The average molecular weight is 248 g/mol. The summed E-state index contributed by atoms with van der Waals surface area (Å²) in [4.78, 5) is 23.8. The maximum Gasteiger partial charge on any atom is 0.236 e. The second-order valence-electron chi connectivity index (χ2n) is 4.40. The molecule has 0 fully saturated rings. The minimum absolute atomic E-state index is 0.208. The van der Waals surface area contributed by atoms with Gasteiger partial charge in [0.25, 0.3) is 0 Å². The highest BCUT2D eigenvalue weighted by Gasteiger charge is 2.10. The van der Waals surface area contributed by atoms with E-state index in [1.165, 1.54) is 0 Å². The number of hydrogen-bond donors (Lipinski definition) is 1. The predicted molar refractivity (Wildman–Crippen MR) is 72.9 cm³/mol. The molecule has 0 saturated carbocycles. The van der Waals surface area contributed by atoms with Gasteiger partial charge in [0.1, 0.15) is 6.29 Å². The van der Waals surface area contributed by atoms with Crippen LogP contribution in [0.2, 0.25) is 0 Å². The normalized spacial score (nSPS) is 10.1. The van der Waals surface area contributed by atoms with Crippen LogP contribution in [-0.2, 0) is 4.79 Å². The number of carbonyl (C=O) groups excluding carboxylic acids is 2. The van der Waals surface area contributed by atoms with E-state index in [4.69, 9.17) is 5.73 Å². The Morgan fingerprint density at radius 2 is 2.17 bits per heavy atom. The maximum atomic E-state index is 11.1. The zero-order chi connectivity index (χ0) is 13.5. The van der Waals surface area contributed by atoms with Gasteiger partial charge in [-0.15, -0.1) is 0 Å². The van der Waals surface area contributed by atoms with E-state index in [2.05, 4.69) is 6.92 Å². The summed E-state index contributed by atoms with van der Waals surface area (Å²) in [6, 6.07) is 5.55. The Morgan fingerprint density at radius 3 is 2.67 bits per heavy atom. The van der Waals surface area contributed by atoms with Gasteiger partial charge in [0.15, 0.2) is 0 Å². The van der Waals surface area contributed by atoms with E-state index in [1.54, 1.807) is 6.07 Å². The first-order valence-corrected chi connectivity index (χ1v) is 6.17. The highest BCUT2D eigenvalue weighted by molar-refractivity contribution is 5.81. The lowest BCUT2D eigenvalue weighted by atomic mass is 10.1. The van der Waals surface area contributed by atoms with Crippen LogP contribution in [0.4, 0.5) is 5.69 Å². The molecule has 1 aromatic carbocycles. The van der Waals surface area contributed by atoms with Crippen molar-refractivity contribution < 1.29 is 9.59 Å². The predicted octanol–water partition coefficient (Wildman–Crippen LogP) is 1.90. The molecule has 0 aliphatic heterocycles. The first kappa shape index (κ1) is 14.2. The summed E-state index contributed by atoms with van der Waals surface area (Å²) in [5.41, 5.74) is 7.78. The molecule has 0 radical (unpaired) electrons. The zero-order valence-corrected chi connectivity index (χ0v) is 11.0. The van der Waals surface area contributed by atoms with Crippen molar-refractivity contribution in [2.75, 3.05) is 18.0 Å². The monoisotopic (exact) mass is 248 g/mol. The van der Waals surface area contributed by atoms with Crippen molar-refractivity contribution in [2.24, 2.45) is 5.73 Å². The van der Waals surface area contributed by atoms with Gasteiger partial charge >= 0.3 is 0 Å². The van der Waals surface area contributed by atoms with Crippen LogP contribution in [-0.4, -0.2) is 25.3 Å². The number of amides is 1. The second-order valence-corrected chi connectivity index (χ2v) is 4.40. The van der Waals surface area contributed by atoms with Crippen molar-refractivity contribution in [1.29, 1.82) is 0 Å². The van der Waals surface area contributed by atoms with E-state index in [-0.39, 0.29) is 12.5 Å². The molecule has 0 aliphatic rings. The smallest absolute Gasteiger partial charge is 0.236 e. The SMILES string of the molecule is CCCCN(CC(N)=O)c1ccc(C=O)c(C)c1. The number of anilines is 1. The Kier molecular flexibility index (Phi) is 5.36. The van der Waals surface area contributed by atoms with Gasteiger partial charge in [-0.05, 0) is 37.1 Å². The van der Waals surface area contributed by atoms with Crippen LogP contribution in [0.5, 0.6) is 0 Å². The number of hydrogen-bond acceptors (Lipinski definition) is 3. The summed E-state index contributed by atoms with van der Waals surface area (Å²) in [6.07, 6.45) is 2.89. The van der Waals surface area contributed by atoms with Crippen LogP contribution in [0.15, 0.2) is 18.2 Å². The number of aldehydes is 1. The molecule has 1 rings (SSSR count). The molecule has 0 aliphatic carbocycles. The summed E-state index contributed by atoms with van der Waals surface area (Å²) in [5.74, 6) is -0.344. The number of carbonyl (C=O) groups is 2. The minimum Gasteiger partial charge on any atom is -0.368 e. The van der Waals surface area contributed by atoms with Crippen LogP contribution in [0.3, 0.4) is 0 Å². The molecular formula is C14H20N2O2. The first-order chi connectivity index (χ1) is 8.58. The van der Waals surface area contributed by atoms with E-state index < -0.39 is 0 Å². The summed E-state index contributed by atoms with van der Waals surface area (Å²) >= 11 is 0. The van der Waals surface area contributed by atoms with Crippen LogP contribution >= 0.6 is 0 Å². The Balaban J connectivity index is 2.93. The van der Waals surface area contributed by atoms with Crippen LogP contribution < -0.4 is 10.6 Å². The summed E-state index contributed by atoms with van der Waals surface area (Å²) < 4.78 is 0. The first-order valence-electron chi connectivity index (χ1n) is 6.17. The number of nitrogens with zero attached hydrogens (tertiary/aromatic N) is 1. The molecule has 0 heterocycles. The standard InChI is InChI=1S/C14H20N2O2/c1-3-4-7-16(9-14(15)18)13-6-5-12(10-17)11(2)8-13/h5-6,8,10H,3-4,7,9H2,1-2H3,(H2,15,18). The number of primary amides is 1. The van der Waals surface area contributed by atoms with Crippen molar-refractivity contribution in [2.45, 2.75) is 26.7 Å². The van der Waals surface area contributed by atoms with Crippen molar-refractivity contribution in [3.05, 3.63) is 29.3 Å². The van der Waals surface area contributed by atoms with Crippen molar-refractivity contribution in [3.63, 3.8) is 0 Å². The Hall–Kier alpha value is -1.84. The summed E-state index contributed by atoms with van der Waals surface area (Å²) in [6.45, 7) is 4.98. The largest absolute Gasteiger partial charge is 0.368 e. The van der Waals surface area contributed by atoms with Gasteiger partial charge in [-0.2, -0.15) is 0 Å². The van der Waals surface area contributed by atoms with Gasteiger partial charge in [-0.1, -0.05) is 13.3 Å². The molecule has 98 valence electrons. The molecule has 0 spiro atoms. The molecule has 0 saturated heterocycles. The van der Waals surface area contributed by atoms with E-state index in [9.17, 15) is 9.59 Å². The molecule has 1 amide bonds. The van der Waals surface area contributed by atoms with Crippen LogP contribution in [0.1, 0.15) is 35.7 Å².